The maximum absolute atomic E-state index is 11.6. The van der Waals surface area contributed by atoms with Gasteiger partial charge in [0, 0.05) is 36.7 Å². The van der Waals surface area contributed by atoms with Gasteiger partial charge in [-0.05, 0) is 31.2 Å². The number of hydrogen-bond acceptors (Lipinski definition) is 3. The maximum Gasteiger partial charge on any atom is 0.226 e. The van der Waals surface area contributed by atoms with E-state index >= 15 is 0 Å². The Kier molecular flexibility index (Phi) is 4.62. The Hall–Kier alpha value is -2.30. The molecular weight excluding hydrogens is 264 g/mol. The normalized spacial score (nSPS) is 12.2. The summed E-state index contributed by atoms with van der Waals surface area (Å²) in [4.78, 5) is 16.0. The highest BCUT2D eigenvalue weighted by Gasteiger charge is 2.10. The van der Waals surface area contributed by atoms with E-state index < -0.39 is 0 Å². The summed E-state index contributed by atoms with van der Waals surface area (Å²) in [6, 6.07) is 7.81. The van der Waals surface area contributed by atoms with Gasteiger partial charge in [-0.1, -0.05) is 13.8 Å². The first-order chi connectivity index (χ1) is 9.97. The molecule has 5 nitrogen and oxygen atoms in total. The number of nitrogens with zero attached hydrogens (tertiary/aromatic N) is 2. The zero-order valence-corrected chi connectivity index (χ0v) is 12.9. The zero-order valence-electron chi connectivity index (χ0n) is 12.9. The number of imidazole rings is 1. The molecule has 0 aliphatic rings. The van der Waals surface area contributed by atoms with Crippen LogP contribution in [0.1, 0.15) is 32.6 Å². The summed E-state index contributed by atoms with van der Waals surface area (Å²) in [5.74, 6) is 0.982. The number of hydrogen-bond donors (Lipinski definition) is 2. The lowest BCUT2D eigenvalue weighted by Gasteiger charge is -2.15. The molecule has 1 aromatic heterocycles. The quantitative estimate of drug-likeness (QED) is 0.887. The van der Waals surface area contributed by atoms with Crippen molar-refractivity contribution in [3.05, 3.63) is 42.5 Å². The molecule has 0 saturated carbocycles. The van der Waals surface area contributed by atoms with Crippen molar-refractivity contribution < 1.29 is 4.79 Å². The van der Waals surface area contributed by atoms with Crippen molar-refractivity contribution in [2.75, 3.05) is 10.6 Å². The van der Waals surface area contributed by atoms with Gasteiger partial charge in [-0.3, -0.25) is 4.79 Å². The summed E-state index contributed by atoms with van der Waals surface area (Å²) in [5.41, 5.74) is 1.80. The fourth-order valence-corrected chi connectivity index (χ4v) is 2.05. The van der Waals surface area contributed by atoms with Gasteiger partial charge in [0.2, 0.25) is 5.91 Å². The molecule has 112 valence electrons. The first kappa shape index (κ1) is 15.1. The molecule has 1 heterocycles. The van der Waals surface area contributed by atoms with Crippen molar-refractivity contribution in [1.29, 1.82) is 0 Å². The van der Waals surface area contributed by atoms with Crippen LogP contribution in [0.3, 0.4) is 0 Å². The first-order valence-electron chi connectivity index (χ1n) is 7.12. The third kappa shape index (κ3) is 3.84. The van der Waals surface area contributed by atoms with E-state index in [2.05, 4.69) is 22.5 Å². The van der Waals surface area contributed by atoms with Gasteiger partial charge >= 0.3 is 0 Å². The van der Waals surface area contributed by atoms with Crippen LogP contribution in [0.2, 0.25) is 0 Å². The van der Waals surface area contributed by atoms with Crippen LogP contribution in [0.5, 0.6) is 0 Å². The highest BCUT2D eigenvalue weighted by molar-refractivity contribution is 5.92. The Morgan fingerprint density at radius 3 is 2.29 bits per heavy atom. The van der Waals surface area contributed by atoms with Crippen molar-refractivity contribution >= 4 is 17.3 Å². The number of aryl methyl sites for hydroxylation is 1. The van der Waals surface area contributed by atoms with Gasteiger partial charge in [0.25, 0.3) is 0 Å². The minimum absolute atomic E-state index is 0.0220. The Morgan fingerprint density at radius 2 is 1.76 bits per heavy atom. The summed E-state index contributed by atoms with van der Waals surface area (Å²) in [6.07, 6.45) is 3.72. The third-order valence-corrected chi connectivity index (χ3v) is 3.31. The smallest absolute Gasteiger partial charge is 0.226 e. The molecule has 1 aromatic carbocycles. The average molecular weight is 286 g/mol. The number of benzene rings is 1. The second kappa shape index (κ2) is 6.43. The summed E-state index contributed by atoms with van der Waals surface area (Å²) < 4.78 is 1.99. The van der Waals surface area contributed by atoms with Crippen molar-refractivity contribution in [3.63, 3.8) is 0 Å². The Labute approximate surface area is 125 Å². The van der Waals surface area contributed by atoms with E-state index in [1.165, 1.54) is 0 Å². The van der Waals surface area contributed by atoms with Crippen LogP contribution in [-0.2, 0) is 11.8 Å². The Bertz CT molecular complexity index is 601. The molecule has 0 aliphatic carbocycles. The zero-order chi connectivity index (χ0) is 15.4. The van der Waals surface area contributed by atoms with Crippen molar-refractivity contribution in [3.8, 4) is 0 Å². The van der Waals surface area contributed by atoms with E-state index in [0.717, 1.165) is 17.2 Å². The molecule has 1 amide bonds. The van der Waals surface area contributed by atoms with E-state index in [-0.39, 0.29) is 17.9 Å². The summed E-state index contributed by atoms with van der Waals surface area (Å²) in [7, 11) is 1.98. The van der Waals surface area contributed by atoms with Crippen LogP contribution in [0, 0.1) is 5.92 Å². The van der Waals surface area contributed by atoms with Crippen molar-refractivity contribution in [2.45, 2.75) is 26.8 Å². The largest absolute Gasteiger partial charge is 0.375 e. The number of carbonyl (C=O) groups is 1. The molecule has 1 unspecified atom stereocenters. The SMILES string of the molecule is CC(C)C(=O)Nc1ccc(NC(C)c2nccn2C)cc1. The van der Waals surface area contributed by atoms with Crippen molar-refractivity contribution in [2.24, 2.45) is 13.0 Å². The fourth-order valence-electron chi connectivity index (χ4n) is 2.05. The molecule has 0 fully saturated rings. The molecule has 1 atom stereocenters. The lowest BCUT2D eigenvalue weighted by Crippen LogP contribution is -2.17. The molecule has 0 spiro atoms. The minimum Gasteiger partial charge on any atom is -0.375 e. The molecule has 0 saturated heterocycles. The van der Waals surface area contributed by atoms with E-state index in [4.69, 9.17) is 0 Å². The van der Waals surface area contributed by atoms with Gasteiger partial charge in [-0.15, -0.1) is 0 Å². The molecule has 2 N–H and O–H groups in total. The Balaban J connectivity index is 1.99. The molecular formula is C16H22N4O. The number of aromatic nitrogens is 2. The van der Waals surface area contributed by atoms with Gasteiger partial charge in [0.1, 0.15) is 5.82 Å². The van der Waals surface area contributed by atoms with E-state index in [1.807, 2.05) is 55.9 Å². The van der Waals surface area contributed by atoms with Crippen LogP contribution >= 0.6 is 0 Å². The molecule has 0 radical (unpaired) electrons. The average Bonchev–Trinajstić information content (AvgIpc) is 2.87. The second-order valence-corrected chi connectivity index (χ2v) is 5.48. The van der Waals surface area contributed by atoms with Gasteiger partial charge in [0.05, 0.1) is 6.04 Å². The van der Waals surface area contributed by atoms with Crippen LogP contribution in [-0.4, -0.2) is 15.5 Å². The third-order valence-electron chi connectivity index (χ3n) is 3.31. The molecule has 2 aromatic rings. The summed E-state index contributed by atoms with van der Waals surface area (Å²) in [5, 5.41) is 6.27. The lowest BCUT2D eigenvalue weighted by atomic mass is 10.2. The van der Waals surface area contributed by atoms with E-state index in [1.54, 1.807) is 6.20 Å². The lowest BCUT2D eigenvalue weighted by molar-refractivity contribution is -0.118. The molecule has 2 rings (SSSR count). The second-order valence-electron chi connectivity index (χ2n) is 5.48. The predicted molar refractivity (Wildman–Crippen MR) is 85.2 cm³/mol. The topological polar surface area (TPSA) is 59.0 Å². The van der Waals surface area contributed by atoms with Gasteiger partial charge in [-0.25, -0.2) is 4.98 Å². The monoisotopic (exact) mass is 286 g/mol. The molecule has 5 heteroatoms. The minimum atomic E-state index is -0.0220. The number of amides is 1. The van der Waals surface area contributed by atoms with Crippen LogP contribution in [0.25, 0.3) is 0 Å². The molecule has 0 aliphatic heterocycles. The van der Waals surface area contributed by atoms with Crippen LogP contribution in [0.15, 0.2) is 36.7 Å². The highest BCUT2D eigenvalue weighted by Crippen LogP contribution is 2.19. The predicted octanol–water partition coefficient (Wildman–Crippen LogP) is 3.19. The summed E-state index contributed by atoms with van der Waals surface area (Å²) >= 11 is 0. The Morgan fingerprint density at radius 1 is 1.14 bits per heavy atom. The maximum atomic E-state index is 11.6. The van der Waals surface area contributed by atoms with Gasteiger partial charge in [-0.2, -0.15) is 0 Å². The van der Waals surface area contributed by atoms with Gasteiger partial charge in [0.15, 0.2) is 0 Å². The summed E-state index contributed by atoms with van der Waals surface area (Å²) in [6.45, 7) is 5.82. The fraction of sp³-hybridized carbons (Fsp3) is 0.375. The van der Waals surface area contributed by atoms with E-state index in [0.29, 0.717) is 0 Å². The number of nitrogens with one attached hydrogen (secondary N) is 2. The van der Waals surface area contributed by atoms with E-state index in [9.17, 15) is 4.79 Å². The number of anilines is 2. The number of rotatable bonds is 5. The number of carbonyl (C=O) groups excluding carboxylic acids is 1. The van der Waals surface area contributed by atoms with Gasteiger partial charge < -0.3 is 15.2 Å². The molecule has 21 heavy (non-hydrogen) atoms. The van der Waals surface area contributed by atoms with Crippen LogP contribution < -0.4 is 10.6 Å². The highest BCUT2D eigenvalue weighted by atomic mass is 16.1. The molecule has 0 bridgehead atoms. The first-order valence-corrected chi connectivity index (χ1v) is 7.12. The standard InChI is InChI=1S/C16H22N4O/c1-11(2)16(21)19-14-7-5-13(6-8-14)18-12(3)15-17-9-10-20(15)4/h5-12,18H,1-4H3,(H,19,21). The van der Waals surface area contributed by atoms with Crippen molar-refractivity contribution in [1.82, 2.24) is 9.55 Å². The van der Waals surface area contributed by atoms with Crippen LogP contribution in [0.4, 0.5) is 11.4 Å².